The van der Waals surface area contributed by atoms with Gasteiger partial charge in [-0.05, 0) is 12.1 Å². The molecule has 0 aliphatic heterocycles. The number of hydrogen-bond acceptors (Lipinski definition) is 4. The van der Waals surface area contributed by atoms with Crippen LogP contribution in [0.3, 0.4) is 0 Å². The number of rotatable bonds is 2. The minimum absolute atomic E-state index is 0.0128. The van der Waals surface area contributed by atoms with E-state index >= 15 is 0 Å². The van der Waals surface area contributed by atoms with Crippen LogP contribution in [0.2, 0.25) is 5.02 Å². The SMILES string of the molecule is Nc1cccc(F)c1Oc1ncc(Cl)cn1. The molecule has 0 atom stereocenters. The summed E-state index contributed by atoms with van der Waals surface area (Å²) < 4.78 is 18.4. The maximum Gasteiger partial charge on any atom is 0.322 e. The highest BCUT2D eigenvalue weighted by Gasteiger charge is 2.09. The normalized spacial score (nSPS) is 10.1. The summed E-state index contributed by atoms with van der Waals surface area (Å²) in [6, 6.07) is 4.23. The Balaban J connectivity index is 2.30. The first-order valence-corrected chi connectivity index (χ1v) is 4.74. The van der Waals surface area contributed by atoms with Gasteiger partial charge < -0.3 is 10.5 Å². The summed E-state index contributed by atoms with van der Waals surface area (Å²) in [5, 5.41) is 0.369. The minimum atomic E-state index is -0.571. The maximum absolute atomic E-state index is 13.3. The van der Waals surface area contributed by atoms with E-state index in [-0.39, 0.29) is 17.4 Å². The third-order valence-electron chi connectivity index (χ3n) is 1.79. The van der Waals surface area contributed by atoms with Gasteiger partial charge in [-0.3, -0.25) is 0 Å². The lowest BCUT2D eigenvalue weighted by molar-refractivity contribution is 0.413. The smallest absolute Gasteiger partial charge is 0.322 e. The van der Waals surface area contributed by atoms with Gasteiger partial charge >= 0.3 is 6.01 Å². The number of ether oxygens (including phenoxy) is 1. The number of nitrogen functional groups attached to an aromatic ring is 1. The van der Waals surface area contributed by atoms with E-state index in [0.29, 0.717) is 5.02 Å². The fourth-order valence-electron chi connectivity index (χ4n) is 1.08. The Morgan fingerprint density at radius 1 is 1.25 bits per heavy atom. The van der Waals surface area contributed by atoms with E-state index in [1.165, 1.54) is 30.6 Å². The van der Waals surface area contributed by atoms with Crippen molar-refractivity contribution in [1.29, 1.82) is 0 Å². The second kappa shape index (κ2) is 4.32. The molecule has 0 fully saturated rings. The number of hydrogen-bond donors (Lipinski definition) is 1. The molecule has 2 rings (SSSR count). The molecule has 1 aromatic carbocycles. The number of aromatic nitrogens is 2. The lowest BCUT2D eigenvalue weighted by Crippen LogP contribution is -1.97. The molecule has 0 saturated heterocycles. The number of anilines is 1. The Morgan fingerprint density at radius 2 is 1.94 bits per heavy atom. The van der Waals surface area contributed by atoms with E-state index in [2.05, 4.69) is 9.97 Å². The van der Waals surface area contributed by atoms with Gasteiger partial charge in [-0.15, -0.1) is 0 Å². The van der Waals surface area contributed by atoms with Crippen LogP contribution in [0.15, 0.2) is 30.6 Å². The van der Waals surface area contributed by atoms with Crippen LogP contribution in [-0.2, 0) is 0 Å². The second-order valence-electron chi connectivity index (χ2n) is 2.94. The molecular weight excluding hydrogens is 233 g/mol. The number of halogens is 2. The van der Waals surface area contributed by atoms with Crippen molar-refractivity contribution in [2.75, 3.05) is 5.73 Å². The standard InChI is InChI=1S/C10H7ClFN3O/c11-6-4-14-10(15-5-6)16-9-7(12)2-1-3-8(9)13/h1-5H,13H2. The quantitative estimate of drug-likeness (QED) is 0.819. The zero-order valence-corrected chi connectivity index (χ0v) is 8.78. The van der Waals surface area contributed by atoms with E-state index in [1.54, 1.807) is 0 Å². The molecule has 2 N–H and O–H groups in total. The van der Waals surface area contributed by atoms with Gasteiger partial charge in [0.25, 0.3) is 0 Å². The minimum Gasteiger partial charge on any atom is -0.419 e. The third kappa shape index (κ3) is 2.20. The van der Waals surface area contributed by atoms with Crippen LogP contribution in [0.1, 0.15) is 0 Å². The van der Waals surface area contributed by atoms with Crippen molar-refractivity contribution >= 4 is 17.3 Å². The predicted octanol–water partition coefficient (Wildman–Crippen LogP) is 2.64. The van der Waals surface area contributed by atoms with Gasteiger partial charge in [-0.25, -0.2) is 14.4 Å². The molecule has 1 heterocycles. The van der Waals surface area contributed by atoms with Crippen molar-refractivity contribution < 1.29 is 9.13 Å². The fourth-order valence-corrected chi connectivity index (χ4v) is 1.18. The Bertz CT molecular complexity index is 484. The average Bonchev–Trinajstić information content (AvgIpc) is 2.26. The number of benzene rings is 1. The van der Waals surface area contributed by atoms with Crippen molar-refractivity contribution in [2.24, 2.45) is 0 Å². The molecule has 0 aliphatic rings. The van der Waals surface area contributed by atoms with Crippen LogP contribution in [0, 0.1) is 5.82 Å². The topological polar surface area (TPSA) is 61.0 Å². The first-order chi connectivity index (χ1) is 7.66. The Labute approximate surface area is 95.9 Å². The van der Waals surface area contributed by atoms with Crippen LogP contribution >= 0.6 is 11.6 Å². The zero-order valence-electron chi connectivity index (χ0n) is 8.02. The lowest BCUT2D eigenvalue weighted by Gasteiger charge is -2.06. The Morgan fingerprint density at radius 3 is 2.56 bits per heavy atom. The van der Waals surface area contributed by atoms with E-state index in [9.17, 15) is 4.39 Å². The molecule has 0 radical (unpaired) electrons. The summed E-state index contributed by atoms with van der Waals surface area (Å²) >= 11 is 5.60. The molecule has 0 bridgehead atoms. The molecule has 0 aliphatic carbocycles. The molecule has 0 unspecified atom stereocenters. The van der Waals surface area contributed by atoms with Gasteiger partial charge in [0.15, 0.2) is 11.6 Å². The van der Waals surface area contributed by atoms with E-state index in [4.69, 9.17) is 22.1 Å². The molecule has 0 saturated carbocycles. The molecule has 16 heavy (non-hydrogen) atoms. The molecule has 2 aromatic rings. The molecule has 0 amide bonds. The molecule has 1 aromatic heterocycles. The molecular formula is C10H7ClFN3O. The summed E-state index contributed by atoms with van der Waals surface area (Å²) in [5.74, 6) is -0.664. The molecule has 0 spiro atoms. The third-order valence-corrected chi connectivity index (χ3v) is 1.98. The summed E-state index contributed by atoms with van der Waals surface area (Å²) in [7, 11) is 0. The average molecular weight is 240 g/mol. The molecule has 4 nitrogen and oxygen atoms in total. The van der Waals surface area contributed by atoms with Gasteiger partial charge in [-0.2, -0.15) is 0 Å². The van der Waals surface area contributed by atoms with Gasteiger partial charge in [0, 0.05) is 0 Å². The van der Waals surface area contributed by atoms with Crippen LogP contribution in [-0.4, -0.2) is 9.97 Å². The Hall–Kier alpha value is -1.88. The fraction of sp³-hybridized carbons (Fsp3) is 0. The van der Waals surface area contributed by atoms with Crippen molar-refractivity contribution in [3.8, 4) is 11.8 Å². The lowest BCUT2D eigenvalue weighted by atomic mass is 10.3. The highest BCUT2D eigenvalue weighted by atomic mass is 35.5. The van der Waals surface area contributed by atoms with Crippen LogP contribution < -0.4 is 10.5 Å². The van der Waals surface area contributed by atoms with E-state index < -0.39 is 5.82 Å². The molecule has 6 heteroatoms. The summed E-state index contributed by atoms with van der Waals surface area (Å²) in [4.78, 5) is 7.54. The summed E-state index contributed by atoms with van der Waals surface area (Å²) in [6.45, 7) is 0. The van der Waals surface area contributed by atoms with E-state index in [1.807, 2.05) is 0 Å². The van der Waals surface area contributed by atoms with Gasteiger partial charge in [-0.1, -0.05) is 17.7 Å². The Kier molecular flexibility index (Phi) is 2.87. The van der Waals surface area contributed by atoms with Crippen molar-refractivity contribution in [2.45, 2.75) is 0 Å². The largest absolute Gasteiger partial charge is 0.419 e. The number of nitrogens with zero attached hydrogens (tertiary/aromatic N) is 2. The van der Waals surface area contributed by atoms with Gasteiger partial charge in [0.1, 0.15) is 0 Å². The zero-order chi connectivity index (χ0) is 11.5. The van der Waals surface area contributed by atoms with Gasteiger partial charge in [0.2, 0.25) is 0 Å². The monoisotopic (exact) mass is 239 g/mol. The van der Waals surface area contributed by atoms with Crippen molar-refractivity contribution in [3.05, 3.63) is 41.4 Å². The van der Waals surface area contributed by atoms with E-state index in [0.717, 1.165) is 0 Å². The van der Waals surface area contributed by atoms with Crippen LogP contribution in [0.5, 0.6) is 11.8 Å². The first-order valence-electron chi connectivity index (χ1n) is 4.36. The first kappa shape index (κ1) is 10.6. The maximum atomic E-state index is 13.3. The second-order valence-corrected chi connectivity index (χ2v) is 3.38. The highest BCUT2D eigenvalue weighted by molar-refractivity contribution is 6.30. The van der Waals surface area contributed by atoms with Crippen molar-refractivity contribution in [1.82, 2.24) is 9.97 Å². The van der Waals surface area contributed by atoms with Crippen molar-refractivity contribution in [3.63, 3.8) is 0 Å². The summed E-state index contributed by atoms with van der Waals surface area (Å²) in [5.41, 5.74) is 5.73. The number of para-hydroxylation sites is 1. The van der Waals surface area contributed by atoms with Crippen LogP contribution in [0.4, 0.5) is 10.1 Å². The number of nitrogens with two attached hydrogens (primary N) is 1. The van der Waals surface area contributed by atoms with Gasteiger partial charge in [0.05, 0.1) is 23.1 Å². The molecule has 82 valence electrons. The summed E-state index contributed by atoms with van der Waals surface area (Å²) in [6.07, 6.45) is 2.70. The highest BCUT2D eigenvalue weighted by Crippen LogP contribution is 2.28. The predicted molar refractivity (Wildman–Crippen MR) is 57.9 cm³/mol. The van der Waals surface area contributed by atoms with Crippen LogP contribution in [0.25, 0.3) is 0 Å².